The van der Waals surface area contributed by atoms with E-state index in [1.165, 1.54) is 33.4 Å². The van der Waals surface area contributed by atoms with Crippen LogP contribution < -0.4 is 16.0 Å². The zero-order valence-corrected chi connectivity index (χ0v) is 27.6. The highest BCUT2D eigenvalue weighted by Gasteiger charge is 2.12. The molecular formula is C45H39N3. The normalized spacial score (nSPS) is 10.8. The van der Waals surface area contributed by atoms with Crippen LogP contribution >= 0.6 is 0 Å². The molecule has 0 aliphatic heterocycles. The molecule has 0 saturated carbocycles. The topological polar surface area (TPSA) is 36.1 Å². The zero-order valence-electron chi connectivity index (χ0n) is 27.6. The Morgan fingerprint density at radius 2 is 0.583 bits per heavy atom. The summed E-state index contributed by atoms with van der Waals surface area (Å²) in [5.74, 6) is 0. The molecule has 3 N–H and O–H groups in total. The highest BCUT2D eigenvalue weighted by atomic mass is 14.9. The van der Waals surface area contributed by atoms with Gasteiger partial charge in [-0.15, -0.1) is 0 Å². The summed E-state index contributed by atoms with van der Waals surface area (Å²) in [6.07, 6.45) is 0. The fraction of sp³-hybridized carbons (Fsp3) is 0.0667. The lowest BCUT2D eigenvalue weighted by Crippen LogP contribution is -2.00. The van der Waals surface area contributed by atoms with E-state index >= 15 is 0 Å². The van der Waals surface area contributed by atoms with Crippen LogP contribution in [0.3, 0.4) is 0 Å². The molecule has 7 aromatic carbocycles. The third-order valence-corrected chi connectivity index (χ3v) is 8.54. The summed E-state index contributed by atoms with van der Waals surface area (Å²) < 4.78 is 0. The third-order valence-electron chi connectivity index (χ3n) is 8.54. The van der Waals surface area contributed by atoms with Crippen LogP contribution in [0, 0.1) is 20.8 Å². The summed E-state index contributed by atoms with van der Waals surface area (Å²) in [5.41, 5.74) is 16.8. The Bertz CT molecular complexity index is 1950. The largest absolute Gasteiger partial charge is 0.355 e. The fourth-order valence-corrected chi connectivity index (χ4v) is 6.28. The van der Waals surface area contributed by atoms with Gasteiger partial charge < -0.3 is 16.0 Å². The first-order chi connectivity index (χ1) is 23.5. The monoisotopic (exact) mass is 621 g/mol. The molecule has 0 saturated heterocycles. The van der Waals surface area contributed by atoms with Crippen LogP contribution in [0.1, 0.15) is 16.7 Å². The molecule has 0 aromatic heterocycles. The first kappa shape index (κ1) is 30.6. The van der Waals surface area contributed by atoms with Gasteiger partial charge in [0, 0.05) is 50.8 Å². The summed E-state index contributed by atoms with van der Waals surface area (Å²) in [6.45, 7) is 6.40. The van der Waals surface area contributed by atoms with Gasteiger partial charge in [0.25, 0.3) is 0 Å². The minimum absolute atomic E-state index is 0.976. The maximum atomic E-state index is 3.77. The molecule has 3 nitrogen and oxygen atoms in total. The van der Waals surface area contributed by atoms with Crippen molar-refractivity contribution in [2.24, 2.45) is 0 Å². The number of anilines is 6. The van der Waals surface area contributed by atoms with Crippen LogP contribution in [0.2, 0.25) is 0 Å². The van der Waals surface area contributed by atoms with Crippen LogP contribution in [-0.4, -0.2) is 0 Å². The van der Waals surface area contributed by atoms with Gasteiger partial charge in [0.2, 0.25) is 0 Å². The van der Waals surface area contributed by atoms with Gasteiger partial charge >= 0.3 is 0 Å². The van der Waals surface area contributed by atoms with E-state index in [2.05, 4.69) is 201 Å². The number of rotatable bonds is 9. The molecule has 0 fully saturated rings. The average Bonchev–Trinajstić information content (AvgIpc) is 3.09. The van der Waals surface area contributed by atoms with Crippen molar-refractivity contribution in [3.63, 3.8) is 0 Å². The standard InChI is InChI=1S/C45H39N3/c1-31-13-10-16-34(25-31)40-19-4-7-22-43(40)46-37-28-38(47-44-23-8-5-20-41(44)35-17-11-14-32(2)26-35)30-39(29-37)48-45-24-9-6-21-42(45)36-18-12-15-33(3)27-36/h4-30,46-48H,1-3H3. The second-order valence-corrected chi connectivity index (χ2v) is 12.4. The van der Waals surface area contributed by atoms with Gasteiger partial charge in [0.1, 0.15) is 0 Å². The van der Waals surface area contributed by atoms with Crippen LogP contribution in [-0.2, 0) is 0 Å². The maximum Gasteiger partial charge on any atom is 0.0463 e. The molecule has 0 radical (unpaired) electrons. The van der Waals surface area contributed by atoms with E-state index in [0.29, 0.717) is 0 Å². The van der Waals surface area contributed by atoms with Crippen molar-refractivity contribution in [3.05, 3.63) is 180 Å². The van der Waals surface area contributed by atoms with E-state index in [-0.39, 0.29) is 0 Å². The molecule has 0 bridgehead atoms. The van der Waals surface area contributed by atoms with Crippen molar-refractivity contribution in [1.29, 1.82) is 0 Å². The van der Waals surface area contributed by atoms with Gasteiger partial charge in [0.05, 0.1) is 0 Å². The van der Waals surface area contributed by atoms with Gasteiger partial charge in [-0.3, -0.25) is 0 Å². The van der Waals surface area contributed by atoms with Crippen molar-refractivity contribution in [2.75, 3.05) is 16.0 Å². The molecule has 48 heavy (non-hydrogen) atoms. The van der Waals surface area contributed by atoms with Crippen LogP contribution in [0.15, 0.2) is 164 Å². The fourth-order valence-electron chi connectivity index (χ4n) is 6.28. The van der Waals surface area contributed by atoms with Gasteiger partial charge in [-0.2, -0.15) is 0 Å². The highest BCUT2D eigenvalue weighted by Crippen LogP contribution is 2.37. The molecule has 7 rings (SSSR count). The lowest BCUT2D eigenvalue weighted by molar-refractivity contribution is 1.45. The number of hydrogen-bond donors (Lipinski definition) is 3. The van der Waals surface area contributed by atoms with E-state index in [1.54, 1.807) is 0 Å². The molecule has 0 aliphatic rings. The summed E-state index contributed by atoms with van der Waals surface area (Å²) in [4.78, 5) is 0. The van der Waals surface area contributed by atoms with E-state index in [9.17, 15) is 0 Å². The minimum atomic E-state index is 0.976. The Morgan fingerprint density at radius 3 is 0.875 bits per heavy atom. The van der Waals surface area contributed by atoms with Gasteiger partial charge in [0.15, 0.2) is 0 Å². The van der Waals surface area contributed by atoms with Crippen molar-refractivity contribution < 1.29 is 0 Å². The van der Waals surface area contributed by atoms with E-state index < -0.39 is 0 Å². The summed E-state index contributed by atoms with van der Waals surface area (Å²) in [6, 6.07) is 58.0. The Balaban J connectivity index is 1.30. The summed E-state index contributed by atoms with van der Waals surface area (Å²) in [5, 5.41) is 11.3. The molecule has 0 atom stereocenters. The molecule has 0 aliphatic carbocycles. The second-order valence-electron chi connectivity index (χ2n) is 12.4. The van der Waals surface area contributed by atoms with Crippen molar-refractivity contribution in [3.8, 4) is 33.4 Å². The average molecular weight is 622 g/mol. The number of para-hydroxylation sites is 3. The SMILES string of the molecule is Cc1cccc(-c2ccccc2Nc2cc(Nc3ccccc3-c3cccc(C)c3)cc(Nc3ccccc3-c3cccc(C)c3)c2)c1. The maximum absolute atomic E-state index is 3.77. The van der Waals surface area contributed by atoms with Crippen LogP contribution in [0.4, 0.5) is 34.1 Å². The molecule has 3 heteroatoms. The number of aryl methyl sites for hydroxylation is 3. The number of nitrogens with one attached hydrogen (secondary N) is 3. The van der Waals surface area contributed by atoms with Crippen LogP contribution in [0.5, 0.6) is 0 Å². The molecule has 0 amide bonds. The number of benzene rings is 7. The number of hydrogen-bond acceptors (Lipinski definition) is 3. The van der Waals surface area contributed by atoms with Crippen molar-refractivity contribution in [2.45, 2.75) is 20.8 Å². The van der Waals surface area contributed by atoms with E-state index in [0.717, 1.165) is 50.8 Å². The Labute approximate surface area is 284 Å². The van der Waals surface area contributed by atoms with E-state index in [4.69, 9.17) is 0 Å². The predicted octanol–water partition coefficient (Wildman–Crippen LogP) is 12.8. The second kappa shape index (κ2) is 13.7. The summed E-state index contributed by atoms with van der Waals surface area (Å²) in [7, 11) is 0. The Kier molecular flexibility index (Phi) is 8.76. The quantitative estimate of drug-likeness (QED) is 0.150. The minimum Gasteiger partial charge on any atom is -0.355 e. The molecular weight excluding hydrogens is 583 g/mol. The Hall–Kier alpha value is -6.06. The zero-order chi connectivity index (χ0) is 32.9. The summed E-state index contributed by atoms with van der Waals surface area (Å²) >= 11 is 0. The van der Waals surface area contributed by atoms with Gasteiger partial charge in [-0.25, -0.2) is 0 Å². The molecule has 0 unspecified atom stereocenters. The third kappa shape index (κ3) is 7.01. The molecule has 234 valence electrons. The first-order valence-electron chi connectivity index (χ1n) is 16.4. The lowest BCUT2D eigenvalue weighted by atomic mass is 10.0. The van der Waals surface area contributed by atoms with E-state index in [1.807, 2.05) is 0 Å². The van der Waals surface area contributed by atoms with Crippen molar-refractivity contribution in [1.82, 2.24) is 0 Å². The van der Waals surface area contributed by atoms with Crippen LogP contribution in [0.25, 0.3) is 33.4 Å². The smallest absolute Gasteiger partial charge is 0.0463 e. The van der Waals surface area contributed by atoms with Crippen molar-refractivity contribution >= 4 is 34.1 Å². The molecule has 0 spiro atoms. The predicted molar refractivity (Wildman–Crippen MR) is 206 cm³/mol. The molecule has 7 aromatic rings. The van der Waals surface area contributed by atoms with Gasteiger partial charge in [-0.05, 0) is 73.9 Å². The lowest BCUT2D eigenvalue weighted by Gasteiger charge is -2.19. The Morgan fingerprint density at radius 1 is 0.292 bits per heavy atom. The first-order valence-corrected chi connectivity index (χ1v) is 16.4. The highest BCUT2D eigenvalue weighted by molar-refractivity contribution is 5.88. The van der Waals surface area contributed by atoms with Gasteiger partial charge in [-0.1, -0.05) is 144 Å². The molecule has 0 heterocycles.